The summed E-state index contributed by atoms with van der Waals surface area (Å²) in [6, 6.07) is 8.57. The van der Waals surface area contributed by atoms with Crippen molar-refractivity contribution in [2.45, 2.75) is 71.2 Å². The summed E-state index contributed by atoms with van der Waals surface area (Å²) in [6.07, 6.45) is 5.29. The number of morpholine rings is 1. The maximum atomic E-state index is 12.8. The van der Waals surface area contributed by atoms with Gasteiger partial charge in [-0.25, -0.2) is 0 Å². The molecule has 3 rings (SSSR count). The van der Waals surface area contributed by atoms with Crippen molar-refractivity contribution < 1.29 is 9.53 Å². The topological polar surface area (TPSA) is 69.2 Å². The van der Waals surface area contributed by atoms with Crippen LogP contribution in [-0.2, 0) is 11.3 Å². The summed E-state index contributed by atoms with van der Waals surface area (Å²) in [5.74, 6) is 0.889. The molecule has 3 atom stereocenters. The third-order valence-corrected chi connectivity index (χ3v) is 6.45. The number of halogens is 1. The molecule has 0 bridgehead atoms. The van der Waals surface area contributed by atoms with E-state index in [0.29, 0.717) is 25.7 Å². The van der Waals surface area contributed by atoms with Crippen LogP contribution in [-0.4, -0.2) is 79.7 Å². The molecular formula is C25H42IN5O2. The van der Waals surface area contributed by atoms with Gasteiger partial charge in [0, 0.05) is 51.4 Å². The summed E-state index contributed by atoms with van der Waals surface area (Å²) in [4.78, 5) is 21.6. The van der Waals surface area contributed by atoms with Gasteiger partial charge in [-0.1, -0.05) is 18.6 Å². The Kier molecular flexibility index (Phi) is 11.9. The molecule has 8 heteroatoms. The van der Waals surface area contributed by atoms with Gasteiger partial charge in [-0.05, 0) is 64.3 Å². The van der Waals surface area contributed by atoms with Crippen molar-refractivity contribution in [1.82, 2.24) is 20.4 Å². The molecule has 0 aromatic heterocycles. The van der Waals surface area contributed by atoms with E-state index in [1.54, 1.807) is 7.05 Å². The highest BCUT2D eigenvalue weighted by molar-refractivity contribution is 14.0. The van der Waals surface area contributed by atoms with Gasteiger partial charge in [-0.3, -0.25) is 9.79 Å². The Morgan fingerprint density at radius 2 is 1.79 bits per heavy atom. The van der Waals surface area contributed by atoms with Crippen LogP contribution in [0.15, 0.2) is 29.3 Å². The van der Waals surface area contributed by atoms with Gasteiger partial charge < -0.3 is 25.2 Å². The largest absolute Gasteiger partial charge is 0.372 e. The van der Waals surface area contributed by atoms with Crippen LogP contribution >= 0.6 is 24.0 Å². The lowest BCUT2D eigenvalue weighted by molar-refractivity contribution is -0.0586. The maximum Gasteiger partial charge on any atom is 0.254 e. The molecule has 2 heterocycles. The summed E-state index contributed by atoms with van der Waals surface area (Å²) in [6.45, 7) is 11.6. The van der Waals surface area contributed by atoms with Gasteiger partial charge in [0.25, 0.3) is 5.91 Å². The summed E-state index contributed by atoms with van der Waals surface area (Å²) in [7, 11) is 1.80. The molecule has 2 fully saturated rings. The van der Waals surface area contributed by atoms with Gasteiger partial charge >= 0.3 is 0 Å². The van der Waals surface area contributed by atoms with Gasteiger partial charge in [0.05, 0.1) is 12.2 Å². The standard InChI is InChI=1S/C25H41N5O2.HI/c1-19-8-5-6-14-29(19)15-7-13-27-25(26-4)28-16-22-9-11-23(12-10-22)24(31)30-17-20(2)32-21(3)18-30;/h9-12,19-21H,5-8,13-18H2,1-4H3,(H2,26,27,28);1H. The predicted octanol–water partition coefficient (Wildman–Crippen LogP) is 3.48. The Morgan fingerprint density at radius 3 is 2.42 bits per heavy atom. The van der Waals surface area contributed by atoms with Crippen LogP contribution in [0.5, 0.6) is 0 Å². The van der Waals surface area contributed by atoms with E-state index >= 15 is 0 Å². The number of carbonyl (C=O) groups excluding carboxylic acids is 1. The summed E-state index contributed by atoms with van der Waals surface area (Å²) < 4.78 is 5.74. The Morgan fingerprint density at radius 1 is 1.09 bits per heavy atom. The highest BCUT2D eigenvalue weighted by Crippen LogP contribution is 2.16. The lowest BCUT2D eigenvalue weighted by Gasteiger charge is -2.35. The van der Waals surface area contributed by atoms with E-state index in [1.807, 2.05) is 43.0 Å². The minimum absolute atomic E-state index is 0. The molecule has 186 valence electrons. The Bertz CT molecular complexity index is 748. The summed E-state index contributed by atoms with van der Waals surface area (Å²) in [5, 5.41) is 6.78. The van der Waals surface area contributed by atoms with Crippen molar-refractivity contribution in [3.63, 3.8) is 0 Å². The normalized spacial score (nSPS) is 24.2. The molecule has 7 nitrogen and oxygen atoms in total. The molecule has 0 radical (unpaired) electrons. The van der Waals surface area contributed by atoms with E-state index in [1.165, 1.54) is 25.8 Å². The first-order valence-corrected chi connectivity index (χ1v) is 12.2. The minimum Gasteiger partial charge on any atom is -0.372 e. The molecule has 2 N–H and O–H groups in total. The molecule has 2 saturated heterocycles. The van der Waals surface area contributed by atoms with Gasteiger partial charge in [-0.2, -0.15) is 0 Å². The fraction of sp³-hybridized carbons (Fsp3) is 0.680. The molecule has 33 heavy (non-hydrogen) atoms. The number of piperidine rings is 1. The number of carbonyl (C=O) groups is 1. The number of ether oxygens (including phenoxy) is 1. The van der Waals surface area contributed by atoms with E-state index in [-0.39, 0.29) is 42.1 Å². The first-order chi connectivity index (χ1) is 15.5. The summed E-state index contributed by atoms with van der Waals surface area (Å²) >= 11 is 0. The van der Waals surface area contributed by atoms with Gasteiger partial charge in [0.2, 0.25) is 0 Å². The zero-order valence-corrected chi connectivity index (χ0v) is 23.0. The minimum atomic E-state index is 0. The molecule has 1 aromatic carbocycles. The third kappa shape index (κ3) is 8.72. The van der Waals surface area contributed by atoms with Crippen LogP contribution in [0, 0.1) is 0 Å². The zero-order valence-electron chi connectivity index (χ0n) is 20.7. The van der Waals surface area contributed by atoms with Crippen molar-refractivity contribution in [2.75, 3.05) is 39.8 Å². The van der Waals surface area contributed by atoms with Crippen LogP contribution < -0.4 is 10.6 Å². The quantitative estimate of drug-likeness (QED) is 0.227. The van der Waals surface area contributed by atoms with Crippen LogP contribution in [0.3, 0.4) is 0 Å². The molecule has 1 amide bonds. The molecule has 3 unspecified atom stereocenters. The van der Waals surface area contributed by atoms with E-state index in [0.717, 1.165) is 36.6 Å². The molecule has 2 aliphatic heterocycles. The van der Waals surface area contributed by atoms with Crippen LogP contribution in [0.1, 0.15) is 62.4 Å². The number of aliphatic imine (C=N–C) groups is 1. The SMILES string of the molecule is CN=C(NCCCN1CCCCC1C)NCc1ccc(C(=O)N2CC(C)OC(C)C2)cc1.I. The number of likely N-dealkylation sites (tertiary alicyclic amines) is 1. The number of guanidine groups is 1. The first kappa shape index (κ1) is 27.9. The highest BCUT2D eigenvalue weighted by Gasteiger charge is 2.26. The lowest BCUT2D eigenvalue weighted by Crippen LogP contribution is -2.48. The van der Waals surface area contributed by atoms with Crippen LogP contribution in [0.2, 0.25) is 0 Å². The van der Waals surface area contributed by atoms with Crippen LogP contribution in [0.4, 0.5) is 0 Å². The number of benzene rings is 1. The van der Waals surface area contributed by atoms with E-state index in [2.05, 4.69) is 27.4 Å². The van der Waals surface area contributed by atoms with E-state index < -0.39 is 0 Å². The molecular weight excluding hydrogens is 529 g/mol. The average molecular weight is 572 g/mol. The van der Waals surface area contributed by atoms with Crippen molar-refractivity contribution in [1.29, 1.82) is 0 Å². The summed E-state index contributed by atoms with van der Waals surface area (Å²) in [5.41, 5.74) is 1.85. The number of hydrogen-bond acceptors (Lipinski definition) is 4. The number of nitrogens with zero attached hydrogens (tertiary/aromatic N) is 3. The number of rotatable bonds is 7. The second-order valence-electron chi connectivity index (χ2n) is 9.25. The highest BCUT2D eigenvalue weighted by atomic mass is 127. The van der Waals surface area contributed by atoms with Crippen molar-refractivity contribution in [3.05, 3.63) is 35.4 Å². The fourth-order valence-corrected chi connectivity index (χ4v) is 4.68. The Labute approximate surface area is 216 Å². The number of nitrogens with one attached hydrogen (secondary N) is 2. The Balaban J connectivity index is 0.00000385. The number of amides is 1. The monoisotopic (exact) mass is 571 g/mol. The number of hydrogen-bond donors (Lipinski definition) is 2. The van der Waals surface area contributed by atoms with E-state index in [4.69, 9.17) is 4.74 Å². The van der Waals surface area contributed by atoms with Gasteiger partial charge in [0.1, 0.15) is 0 Å². The third-order valence-electron chi connectivity index (χ3n) is 6.45. The lowest BCUT2D eigenvalue weighted by atomic mass is 10.0. The molecule has 2 aliphatic rings. The van der Waals surface area contributed by atoms with Crippen LogP contribution in [0.25, 0.3) is 0 Å². The predicted molar refractivity (Wildman–Crippen MR) is 145 cm³/mol. The van der Waals surface area contributed by atoms with E-state index in [9.17, 15) is 4.79 Å². The average Bonchev–Trinajstić information content (AvgIpc) is 2.79. The van der Waals surface area contributed by atoms with Gasteiger partial charge in [0.15, 0.2) is 5.96 Å². The fourth-order valence-electron chi connectivity index (χ4n) is 4.68. The van der Waals surface area contributed by atoms with Crippen molar-refractivity contribution in [3.8, 4) is 0 Å². The Hall–Kier alpha value is -1.39. The maximum absolute atomic E-state index is 12.8. The first-order valence-electron chi connectivity index (χ1n) is 12.2. The second-order valence-corrected chi connectivity index (χ2v) is 9.25. The zero-order chi connectivity index (χ0) is 22.9. The molecule has 0 spiro atoms. The van der Waals surface area contributed by atoms with Crippen molar-refractivity contribution >= 4 is 35.8 Å². The van der Waals surface area contributed by atoms with Crippen molar-refractivity contribution in [2.24, 2.45) is 4.99 Å². The second kappa shape index (κ2) is 14.1. The van der Waals surface area contributed by atoms with Gasteiger partial charge in [-0.15, -0.1) is 24.0 Å². The molecule has 0 saturated carbocycles. The molecule has 1 aromatic rings. The molecule has 0 aliphatic carbocycles. The smallest absolute Gasteiger partial charge is 0.254 e.